The lowest BCUT2D eigenvalue weighted by Crippen LogP contribution is -2.40. The van der Waals surface area contributed by atoms with Gasteiger partial charge in [0, 0.05) is 12.5 Å². The third-order valence-electron chi connectivity index (χ3n) is 3.72. The summed E-state index contributed by atoms with van der Waals surface area (Å²) in [5.74, 6) is 0.422. The van der Waals surface area contributed by atoms with Gasteiger partial charge in [0.05, 0.1) is 0 Å². The van der Waals surface area contributed by atoms with Crippen molar-refractivity contribution in [1.29, 1.82) is 0 Å². The molecule has 2 rings (SSSR count). The fourth-order valence-electron chi connectivity index (χ4n) is 2.44. The van der Waals surface area contributed by atoms with Gasteiger partial charge in [-0.1, -0.05) is 37.3 Å². The number of nitrogens with one attached hydrogen (secondary N) is 1. The Morgan fingerprint density at radius 3 is 2.47 bits per heavy atom. The number of hydrogen-bond acceptors (Lipinski definition) is 2. The fraction of sp³-hybridized carbons (Fsp3) is 0.533. The summed E-state index contributed by atoms with van der Waals surface area (Å²) < 4.78 is 0. The summed E-state index contributed by atoms with van der Waals surface area (Å²) in [4.78, 5) is 14.4. The van der Waals surface area contributed by atoms with E-state index < -0.39 is 0 Å². The molecule has 1 saturated heterocycles. The van der Waals surface area contributed by atoms with Crippen LogP contribution in [0.3, 0.4) is 0 Å². The summed E-state index contributed by atoms with van der Waals surface area (Å²) in [7, 11) is 0. The van der Waals surface area contributed by atoms with Gasteiger partial charge in [-0.05, 0) is 38.0 Å². The van der Waals surface area contributed by atoms with Crippen molar-refractivity contribution < 1.29 is 4.79 Å². The normalized spacial score (nSPS) is 16.7. The van der Waals surface area contributed by atoms with Crippen molar-refractivity contribution in [3.05, 3.63) is 35.9 Å². The monoisotopic (exact) mass is 282 g/mol. The standard InChI is InChI=1S/C15H22N2O.ClH/c1-2-17-10-8-14(9-11-17)15(18)16-12-13-6-4-3-5-7-13;/h3-7,14H,2,8-12H2,1H3,(H,16,18);1H. The van der Waals surface area contributed by atoms with Gasteiger partial charge in [-0.15, -0.1) is 12.4 Å². The summed E-state index contributed by atoms with van der Waals surface area (Å²) in [5, 5.41) is 3.04. The Balaban J connectivity index is 0.00000180. The van der Waals surface area contributed by atoms with Crippen molar-refractivity contribution in [1.82, 2.24) is 10.2 Å². The predicted octanol–water partition coefficient (Wildman–Crippen LogP) is 2.46. The van der Waals surface area contributed by atoms with Crippen molar-refractivity contribution in [2.45, 2.75) is 26.3 Å². The molecule has 0 unspecified atom stereocenters. The minimum atomic E-state index is 0. The van der Waals surface area contributed by atoms with Gasteiger partial charge < -0.3 is 10.2 Å². The minimum Gasteiger partial charge on any atom is -0.352 e. The Morgan fingerprint density at radius 2 is 1.89 bits per heavy atom. The van der Waals surface area contributed by atoms with Crippen molar-refractivity contribution >= 4 is 18.3 Å². The maximum atomic E-state index is 12.0. The Morgan fingerprint density at radius 1 is 1.26 bits per heavy atom. The molecular formula is C15H23ClN2O. The topological polar surface area (TPSA) is 32.3 Å². The van der Waals surface area contributed by atoms with Crippen molar-refractivity contribution in [3.8, 4) is 0 Å². The van der Waals surface area contributed by atoms with Gasteiger partial charge in [-0.2, -0.15) is 0 Å². The smallest absolute Gasteiger partial charge is 0.223 e. The number of amides is 1. The number of piperidine rings is 1. The molecule has 1 fully saturated rings. The first-order valence-electron chi connectivity index (χ1n) is 6.83. The summed E-state index contributed by atoms with van der Waals surface area (Å²) in [6, 6.07) is 10.1. The van der Waals surface area contributed by atoms with Crippen LogP contribution in [-0.2, 0) is 11.3 Å². The van der Waals surface area contributed by atoms with E-state index in [-0.39, 0.29) is 24.2 Å². The number of nitrogens with zero attached hydrogens (tertiary/aromatic N) is 1. The van der Waals surface area contributed by atoms with Crippen LogP contribution in [0.4, 0.5) is 0 Å². The first-order valence-corrected chi connectivity index (χ1v) is 6.83. The van der Waals surface area contributed by atoms with Crippen molar-refractivity contribution in [2.24, 2.45) is 5.92 Å². The molecule has 106 valence electrons. The molecular weight excluding hydrogens is 260 g/mol. The molecule has 4 heteroatoms. The van der Waals surface area contributed by atoms with E-state index in [9.17, 15) is 4.79 Å². The second-order valence-corrected chi connectivity index (χ2v) is 4.91. The molecule has 1 aliphatic rings. The second kappa shape index (κ2) is 8.18. The molecule has 0 radical (unpaired) electrons. The summed E-state index contributed by atoms with van der Waals surface area (Å²) >= 11 is 0. The number of likely N-dealkylation sites (tertiary alicyclic amines) is 1. The van der Waals surface area contributed by atoms with E-state index in [1.165, 1.54) is 0 Å². The second-order valence-electron chi connectivity index (χ2n) is 4.91. The summed E-state index contributed by atoms with van der Waals surface area (Å²) in [6.07, 6.45) is 1.99. The molecule has 0 spiro atoms. The van der Waals surface area contributed by atoms with Gasteiger partial charge in [0.1, 0.15) is 0 Å². The third-order valence-corrected chi connectivity index (χ3v) is 3.72. The van der Waals surface area contributed by atoms with E-state index >= 15 is 0 Å². The Kier molecular flexibility index (Phi) is 6.89. The van der Waals surface area contributed by atoms with E-state index in [1.807, 2.05) is 30.3 Å². The van der Waals surface area contributed by atoms with Crippen LogP contribution >= 0.6 is 12.4 Å². The molecule has 0 aliphatic carbocycles. The zero-order chi connectivity index (χ0) is 12.8. The van der Waals surface area contributed by atoms with Crippen LogP contribution in [0.1, 0.15) is 25.3 Å². The zero-order valence-corrected chi connectivity index (χ0v) is 12.3. The van der Waals surface area contributed by atoms with Crippen LogP contribution in [0, 0.1) is 5.92 Å². The lowest BCUT2D eigenvalue weighted by Gasteiger charge is -2.30. The molecule has 1 amide bonds. The molecule has 0 atom stereocenters. The highest BCUT2D eigenvalue weighted by Gasteiger charge is 2.23. The highest BCUT2D eigenvalue weighted by atomic mass is 35.5. The summed E-state index contributed by atoms with van der Waals surface area (Å²) in [5.41, 5.74) is 1.16. The van der Waals surface area contributed by atoms with Crippen LogP contribution in [0.2, 0.25) is 0 Å². The average Bonchev–Trinajstić information content (AvgIpc) is 2.46. The molecule has 1 aliphatic heterocycles. The quantitative estimate of drug-likeness (QED) is 0.920. The maximum Gasteiger partial charge on any atom is 0.223 e. The Bertz CT molecular complexity index is 375. The molecule has 1 aromatic carbocycles. The molecule has 19 heavy (non-hydrogen) atoms. The first-order chi connectivity index (χ1) is 8.79. The molecule has 1 aromatic rings. The van der Waals surface area contributed by atoms with Gasteiger partial charge in [0.15, 0.2) is 0 Å². The van der Waals surface area contributed by atoms with E-state index in [4.69, 9.17) is 0 Å². The van der Waals surface area contributed by atoms with Crippen LogP contribution in [-0.4, -0.2) is 30.4 Å². The highest BCUT2D eigenvalue weighted by molar-refractivity contribution is 5.85. The van der Waals surface area contributed by atoms with Crippen LogP contribution < -0.4 is 5.32 Å². The van der Waals surface area contributed by atoms with E-state index in [0.29, 0.717) is 6.54 Å². The number of rotatable bonds is 4. The fourth-order valence-corrected chi connectivity index (χ4v) is 2.44. The van der Waals surface area contributed by atoms with Gasteiger partial charge in [0.2, 0.25) is 5.91 Å². The van der Waals surface area contributed by atoms with E-state index in [1.54, 1.807) is 0 Å². The SMILES string of the molecule is CCN1CCC(C(=O)NCc2ccccc2)CC1.Cl. The lowest BCUT2D eigenvalue weighted by atomic mass is 9.96. The number of benzene rings is 1. The lowest BCUT2D eigenvalue weighted by molar-refractivity contribution is -0.126. The number of carbonyl (C=O) groups is 1. The van der Waals surface area contributed by atoms with Crippen LogP contribution in [0.5, 0.6) is 0 Å². The first kappa shape index (κ1) is 16.0. The van der Waals surface area contributed by atoms with E-state index in [2.05, 4.69) is 17.1 Å². The van der Waals surface area contributed by atoms with Crippen LogP contribution in [0.15, 0.2) is 30.3 Å². The Hall–Kier alpha value is -1.06. The molecule has 1 N–H and O–H groups in total. The minimum absolute atomic E-state index is 0. The predicted molar refractivity (Wildman–Crippen MR) is 80.4 cm³/mol. The Labute approximate surface area is 121 Å². The number of hydrogen-bond donors (Lipinski definition) is 1. The zero-order valence-electron chi connectivity index (χ0n) is 11.5. The maximum absolute atomic E-state index is 12.0. The molecule has 0 saturated carbocycles. The molecule has 1 heterocycles. The number of halogens is 1. The van der Waals surface area contributed by atoms with Gasteiger partial charge in [-0.3, -0.25) is 4.79 Å². The van der Waals surface area contributed by atoms with Gasteiger partial charge in [0.25, 0.3) is 0 Å². The van der Waals surface area contributed by atoms with Gasteiger partial charge >= 0.3 is 0 Å². The third kappa shape index (κ3) is 4.84. The molecule has 3 nitrogen and oxygen atoms in total. The molecule has 0 bridgehead atoms. The van der Waals surface area contributed by atoms with E-state index in [0.717, 1.165) is 38.0 Å². The summed E-state index contributed by atoms with van der Waals surface area (Å²) in [6.45, 7) is 6.03. The molecule has 0 aromatic heterocycles. The highest BCUT2D eigenvalue weighted by Crippen LogP contribution is 2.17. The van der Waals surface area contributed by atoms with Crippen molar-refractivity contribution in [2.75, 3.05) is 19.6 Å². The van der Waals surface area contributed by atoms with Crippen molar-refractivity contribution in [3.63, 3.8) is 0 Å². The average molecular weight is 283 g/mol. The number of carbonyl (C=O) groups excluding carboxylic acids is 1. The van der Waals surface area contributed by atoms with Crippen LogP contribution in [0.25, 0.3) is 0 Å². The largest absolute Gasteiger partial charge is 0.352 e. The van der Waals surface area contributed by atoms with Gasteiger partial charge in [-0.25, -0.2) is 0 Å².